The maximum absolute atomic E-state index is 15.9. The summed E-state index contributed by atoms with van der Waals surface area (Å²) in [7, 11) is 2.20. The van der Waals surface area contributed by atoms with E-state index in [0.29, 0.717) is 24.9 Å². The molecule has 0 spiro atoms. The third kappa shape index (κ3) is 6.36. The predicted molar refractivity (Wildman–Crippen MR) is 155 cm³/mol. The van der Waals surface area contributed by atoms with Crippen molar-refractivity contribution < 1.29 is 19.3 Å². The molecule has 7 atom stereocenters. The predicted octanol–water partition coefficient (Wildman–Crippen LogP) is 6.88. The molecule has 0 bridgehead atoms. The number of halogens is 1. The molecule has 214 valence electrons. The van der Waals surface area contributed by atoms with Crippen LogP contribution in [0.15, 0.2) is 48.5 Å². The monoisotopic (exact) mass is 537 g/mol. The first-order valence-corrected chi connectivity index (χ1v) is 15.3. The number of aliphatic hydroxyl groups is 1. The van der Waals surface area contributed by atoms with Gasteiger partial charge in [0, 0.05) is 19.1 Å². The maximum atomic E-state index is 15.9. The van der Waals surface area contributed by atoms with E-state index in [0.717, 1.165) is 69.3 Å². The van der Waals surface area contributed by atoms with Crippen molar-refractivity contribution in [2.75, 3.05) is 26.7 Å². The molecule has 3 aliphatic carbocycles. The topological polar surface area (TPSA) is 52.9 Å². The van der Waals surface area contributed by atoms with Crippen molar-refractivity contribution in [1.82, 2.24) is 4.90 Å². The fourth-order valence-electron chi connectivity index (χ4n) is 8.31. The Kier molecular flexibility index (Phi) is 9.31. The van der Waals surface area contributed by atoms with Crippen LogP contribution in [0.2, 0.25) is 0 Å². The number of aliphatic hydroxyl groups excluding tert-OH is 1. The van der Waals surface area contributed by atoms with Crippen molar-refractivity contribution in [3.05, 3.63) is 65.2 Å². The number of hydrogen-bond acceptors (Lipinski definition) is 4. The van der Waals surface area contributed by atoms with Crippen LogP contribution in [0.5, 0.6) is 5.75 Å². The Morgan fingerprint density at radius 2 is 1.82 bits per heavy atom. The van der Waals surface area contributed by atoms with E-state index >= 15 is 4.39 Å². The molecule has 0 unspecified atom stereocenters. The molecule has 2 saturated carbocycles. The second-order valence-electron chi connectivity index (χ2n) is 12.9. The second-order valence-corrected chi connectivity index (χ2v) is 12.9. The summed E-state index contributed by atoms with van der Waals surface area (Å²) in [6.45, 7) is 5.74. The van der Waals surface area contributed by atoms with Gasteiger partial charge in [-0.25, -0.2) is 4.39 Å². The number of nitrogens with zero attached hydrogens (tertiary/aromatic N) is 1. The number of aromatic hydroxyl groups is 1. The Hall–Kier alpha value is -1.95. The molecule has 0 amide bonds. The van der Waals surface area contributed by atoms with Crippen molar-refractivity contribution in [3.63, 3.8) is 0 Å². The van der Waals surface area contributed by atoms with Gasteiger partial charge in [-0.3, -0.25) is 0 Å². The van der Waals surface area contributed by atoms with Crippen LogP contribution < -0.4 is 0 Å². The molecule has 2 N–H and O–H groups in total. The van der Waals surface area contributed by atoms with Crippen molar-refractivity contribution in [1.29, 1.82) is 0 Å². The minimum Gasteiger partial charge on any atom is -0.508 e. The number of unbranched alkanes of at least 4 members (excludes halogenated alkanes) is 2. The van der Waals surface area contributed by atoms with Crippen LogP contribution in [0.1, 0.15) is 80.9 Å². The van der Waals surface area contributed by atoms with E-state index in [-0.39, 0.29) is 29.1 Å². The SMILES string of the molecule is CN(CCCCC[C@@H]1Cc2cc(O)ccc2[C@@H]2[C@@H]1[C@@H]1CC[C@H](O)[C@@]1(C)C[C@@H]2F)CCCOCc1ccccc1. The molecule has 2 aromatic rings. The van der Waals surface area contributed by atoms with E-state index in [1.165, 1.54) is 18.4 Å². The number of phenols is 1. The van der Waals surface area contributed by atoms with Gasteiger partial charge in [0.15, 0.2) is 0 Å². The second kappa shape index (κ2) is 12.7. The fraction of sp³-hybridized carbons (Fsp3) is 0.647. The minimum absolute atomic E-state index is 0.0991. The molecule has 0 heterocycles. The standard InChI is InChI=1S/C34H48FNO3/c1-34-22-30(35)33-28-14-13-27(37)21-26(28)20-25(32(33)29(34)15-16-31(34)38)12-7-4-8-17-36(2)18-9-19-39-23-24-10-5-3-6-11-24/h3,5-6,10-11,13-14,21,25,29-33,37-38H,4,7-9,12,15-20,22-23H2,1-2H3/t25-,29+,30+,31+,32+,33+,34+/m1/s1. The molecule has 0 saturated heterocycles. The first kappa shape index (κ1) is 28.6. The van der Waals surface area contributed by atoms with Gasteiger partial charge in [0.05, 0.1) is 12.7 Å². The van der Waals surface area contributed by atoms with Gasteiger partial charge in [0.1, 0.15) is 11.9 Å². The largest absolute Gasteiger partial charge is 0.508 e. The molecule has 5 heteroatoms. The van der Waals surface area contributed by atoms with E-state index < -0.39 is 6.17 Å². The van der Waals surface area contributed by atoms with E-state index in [1.807, 2.05) is 30.3 Å². The van der Waals surface area contributed by atoms with Crippen molar-refractivity contribution in [2.24, 2.45) is 23.2 Å². The average Bonchev–Trinajstić information content (AvgIpc) is 3.21. The summed E-state index contributed by atoms with van der Waals surface area (Å²) in [6.07, 6.45) is 7.51. The number of alkyl halides is 1. The van der Waals surface area contributed by atoms with Gasteiger partial charge in [-0.1, -0.05) is 56.2 Å². The normalized spacial score (nSPS) is 31.6. The smallest absolute Gasteiger partial charge is 0.115 e. The first-order valence-electron chi connectivity index (χ1n) is 15.3. The van der Waals surface area contributed by atoms with E-state index in [4.69, 9.17) is 4.74 Å². The lowest BCUT2D eigenvalue weighted by Crippen LogP contribution is -2.51. The number of hydrogen-bond donors (Lipinski definition) is 2. The third-order valence-corrected chi connectivity index (χ3v) is 10.3. The zero-order valence-electron chi connectivity index (χ0n) is 23.9. The molecule has 2 fully saturated rings. The first-order chi connectivity index (χ1) is 18.9. The Bertz CT molecular complexity index is 1060. The van der Waals surface area contributed by atoms with Gasteiger partial charge in [0.25, 0.3) is 0 Å². The van der Waals surface area contributed by atoms with Crippen LogP contribution in [-0.2, 0) is 17.8 Å². The molecule has 0 aromatic heterocycles. The fourth-order valence-corrected chi connectivity index (χ4v) is 8.31. The summed E-state index contributed by atoms with van der Waals surface area (Å²) in [4.78, 5) is 2.40. The highest BCUT2D eigenvalue weighted by Crippen LogP contribution is 2.63. The summed E-state index contributed by atoms with van der Waals surface area (Å²) in [5.41, 5.74) is 3.17. The van der Waals surface area contributed by atoms with Gasteiger partial charge in [-0.15, -0.1) is 0 Å². The van der Waals surface area contributed by atoms with Gasteiger partial charge in [0.2, 0.25) is 0 Å². The Balaban J connectivity index is 1.10. The minimum atomic E-state index is -0.930. The molecule has 2 aromatic carbocycles. The number of rotatable bonds is 12. The molecule has 4 nitrogen and oxygen atoms in total. The number of phenolic OH excluding ortho intramolecular Hbond substituents is 1. The number of ether oxygens (including phenoxy) is 1. The molecule has 39 heavy (non-hydrogen) atoms. The quantitative estimate of drug-likeness (QED) is 0.290. The summed E-state index contributed by atoms with van der Waals surface area (Å²) >= 11 is 0. The lowest BCUT2D eigenvalue weighted by molar-refractivity contribution is -0.0722. The summed E-state index contributed by atoms with van der Waals surface area (Å²) < 4.78 is 21.7. The van der Waals surface area contributed by atoms with E-state index in [2.05, 4.69) is 31.0 Å². The lowest BCUT2D eigenvalue weighted by Gasteiger charge is -2.54. The molecule has 3 aliphatic rings. The number of benzene rings is 2. The highest BCUT2D eigenvalue weighted by molar-refractivity contribution is 5.41. The van der Waals surface area contributed by atoms with E-state index in [1.54, 1.807) is 6.07 Å². The molecular formula is C34H48FNO3. The van der Waals surface area contributed by atoms with Crippen LogP contribution >= 0.6 is 0 Å². The highest BCUT2D eigenvalue weighted by atomic mass is 19.1. The Morgan fingerprint density at radius 1 is 1.03 bits per heavy atom. The molecule has 0 radical (unpaired) electrons. The molecule has 0 aliphatic heterocycles. The van der Waals surface area contributed by atoms with Crippen LogP contribution in [0.3, 0.4) is 0 Å². The van der Waals surface area contributed by atoms with Crippen LogP contribution in [0.25, 0.3) is 0 Å². The van der Waals surface area contributed by atoms with Crippen LogP contribution in [0, 0.1) is 23.2 Å². The van der Waals surface area contributed by atoms with Crippen LogP contribution in [0.4, 0.5) is 4.39 Å². The highest BCUT2D eigenvalue weighted by Gasteiger charge is 2.59. The third-order valence-electron chi connectivity index (χ3n) is 10.3. The van der Waals surface area contributed by atoms with Crippen molar-refractivity contribution in [3.8, 4) is 5.75 Å². The van der Waals surface area contributed by atoms with Gasteiger partial charge < -0.3 is 19.8 Å². The van der Waals surface area contributed by atoms with Crippen LogP contribution in [-0.4, -0.2) is 54.1 Å². The molecular weight excluding hydrogens is 489 g/mol. The van der Waals surface area contributed by atoms with Gasteiger partial charge in [-0.05, 0) is 111 Å². The van der Waals surface area contributed by atoms with E-state index in [9.17, 15) is 10.2 Å². The zero-order chi connectivity index (χ0) is 27.4. The van der Waals surface area contributed by atoms with Gasteiger partial charge >= 0.3 is 0 Å². The Labute approximate surface area is 234 Å². The average molecular weight is 538 g/mol. The lowest BCUT2D eigenvalue weighted by atomic mass is 9.51. The summed E-state index contributed by atoms with van der Waals surface area (Å²) in [5, 5.41) is 21.0. The van der Waals surface area contributed by atoms with Crippen molar-refractivity contribution in [2.45, 2.75) is 89.5 Å². The zero-order valence-corrected chi connectivity index (χ0v) is 23.9. The number of fused-ring (bicyclic) bond motifs is 5. The molecule has 5 rings (SSSR count). The maximum Gasteiger partial charge on any atom is 0.115 e. The van der Waals surface area contributed by atoms with Gasteiger partial charge in [-0.2, -0.15) is 0 Å². The summed E-state index contributed by atoms with van der Waals surface area (Å²) in [5.74, 6) is 1.26. The summed E-state index contributed by atoms with van der Waals surface area (Å²) in [6, 6.07) is 15.9. The van der Waals surface area contributed by atoms with Crippen molar-refractivity contribution >= 4 is 0 Å². The Morgan fingerprint density at radius 3 is 2.64 bits per heavy atom.